The van der Waals surface area contributed by atoms with Crippen molar-refractivity contribution in [3.8, 4) is 5.75 Å². The minimum absolute atomic E-state index is 0.0426. The normalized spacial score (nSPS) is 20.9. The van der Waals surface area contributed by atoms with Gasteiger partial charge in [-0.15, -0.1) is 0 Å². The Morgan fingerprint density at radius 1 is 1.11 bits per heavy atom. The summed E-state index contributed by atoms with van der Waals surface area (Å²) in [6.07, 6.45) is 0. The standard InChI is InChI=1S/C24H26N2O8S/c1-33-12-11-26-21(17-3-2-4-18(27)15-17)20(23(29)24(26)30)22(28)16-5-7-19(8-6-16)35(31,32)25-9-13-34-14-10-25/h2-8,15,21,27-28H,9-14H2,1H3/b22-20-. The highest BCUT2D eigenvalue weighted by Gasteiger charge is 2.46. The van der Waals surface area contributed by atoms with Crippen LogP contribution in [0.15, 0.2) is 59.0 Å². The van der Waals surface area contributed by atoms with Crippen LogP contribution in [0.3, 0.4) is 0 Å². The van der Waals surface area contributed by atoms with Crippen molar-refractivity contribution in [3.63, 3.8) is 0 Å². The van der Waals surface area contributed by atoms with E-state index in [0.717, 1.165) is 0 Å². The van der Waals surface area contributed by atoms with Crippen LogP contribution in [0.5, 0.6) is 5.75 Å². The van der Waals surface area contributed by atoms with E-state index in [2.05, 4.69) is 0 Å². The van der Waals surface area contributed by atoms with E-state index < -0.39 is 33.5 Å². The number of methoxy groups -OCH3 is 1. The van der Waals surface area contributed by atoms with Gasteiger partial charge in [-0.3, -0.25) is 9.59 Å². The highest BCUT2D eigenvalue weighted by molar-refractivity contribution is 7.89. The lowest BCUT2D eigenvalue weighted by atomic mass is 9.95. The van der Waals surface area contributed by atoms with Crippen LogP contribution in [0.4, 0.5) is 0 Å². The molecule has 4 rings (SSSR count). The smallest absolute Gasteiger partial charge is 0.295 e. The van der Waals surface area contributed by atoms with Crippen molar-refractivity contribution in [2.45, 2.75) is 10.9 Å². The SMILES string of the molecule is COCCN1C(=O)C(=O)/C(=C(\O)c2ccc(S(=O)(=O)N3CCOCC3)cc2)C1c1cccc(O)c1. The first-order chi connectivity index (χ1) is 16.8. The van der Waals surface area contributed by atoms with Gasteiger partial charge >= 0.3 is 0 Å². The highest BCUT2D eigenvalue weighted by atomic mass is 32.2. The molecule has 2 fully saturated rings. The molecule has 1 unspecified atom stereocenters. The van der Waals surface area contributed by atoms with Crippen LogP contribution in [0, 0.1) is 0 Å². The predicted molar refractivity (Wildman–Crippen MR) is 125 cm³/mol. The lowest BCUT2D eigenvalue weighted by molar-refractivity contribution is -0.140. The third-order valence-corrected chi connectivity index (χ3v) is 7.91. The van der Waals surface area contributed by atoms with Crippen molar-refractivity contribution >= 4 is 27.5 Å². The minimum atomic E-state index is -3.74. The molecule has 0 saturated carbocycles. The molecule has 0 bridgehead atoms. The van der Waals surface area contributed by atoms with Gasteiger partial charge in [-0.05, 0) is 42.0 Å². The fourth-order valence-electron chi connectivity index (χ4n) is 4.22. The predicted octanol–water partition coefficient (Wildman–Crippen LogP) is 1.48. The fourth-order valence-corrected chi connectivity index (χ4v) is 5.63. The molecule has 0 spiro atoms. The molecule has 1 atom stereocenters. The fraction of sp³-hybridized carbons (Fsp3) is 0.333. The number of phenolic OH excluding ortho intramolecular Hbond substituents is 1. The molecule has 2 heterocycles. The van der Waals surface area contributed by atoms with E-state index in [0.29, 0.717) is 18.8 Å². The number of carbonyl (C=O) groups excluding carboxylic acids is 2. The summed E-state index contributed by atoms with van der Waals surface area (Å²) in [5.74, 6) is -2.18. The van der Waals surface area contributed by atoms with Crippen LogP contribution < -0.4 is 0 Å². The van der Waals surface area contributed by atoms with Crippen molar-refractivity contribution in [3.05, 3.63) is 65.2 Å². The molecule has 2 aromatic rings. The Hall–Kier alpha value is -3.25. The second kappa shape index (κ2) is 10.2. The number of ketones is 1. The van der Waals surface area contributed by atoms with Gasteiger partial charge in [0.15, 0.2) is 0 Å². The van der Waals surface area contributed by atoms with E-state index >= 15 is 0 Å². The van der Waals surface area contributed by atoms with Crippen LogP contribution in [-0.2, 0) is 29.1 Å². The lowest BCUT2D eigenvalue weighted by Crippen LogP contribution is -2.40. The molecule has 11 heteroatoms. The van der Waals surface area contributed by atoms with E-state index in [9.17, 15) is 28.2 Å². The number of aliphatic hydroxyl groups is 1. The molecule has 10 nitrogen and oxygen atoms in total. The largest absolute Gasteiger partial charge is 0.508 e. The molecule has 2 aromatic carbocycles. The summed E-state index contributed by atoms with van der Waals surface area (Å²) in [4.78, 5) is 27.1. The lowest BCUT2D eigenvalue weighted by Gasteiger charge is -2.26. The number of nitrogens with zero attached hydrogens (tertiary/aromatic N) is 2. The van der Waals surface area contributed by atoms with Crippen LogP contribution in [-0.4, -0.2) is 86.1 Å². The van der Waals surface area contributed by atoms with Crippen LogP contribution in [0.1, 0.15) is 17.2 Å². The number of morpholine rings is 1. The second-order valence-electron chi connectivity index (χ2n) is 8.12. The third kappa shape index (κ3) is 4.80. The topological polar surface area (TPSA) is 134 Å². The van der Waals surface area contributed by atoms with Crippen molar-refractivity contribution in [2.24, 2.45) is 0 Å². The van der Waals surface area contributed by atoms with E-state index in [1.165, 1.54) is 52.7 Å². The summed E-state index contributed by atoms with van der Waals surface area (Å²) in [6, 6.07) is 10.6. The first-order valence-electron chi connectivity index (χ1n) is 11.0. The van der Waals surface area contributed by atoms with Gasteiger partial charge in [0, 0.05) is 32.3 Å². The number of Topliss-reactive ketones (excluding diaryl/α,β-unsaturated/α-hetero) is 1. The zero-order valence-corrected chi connectivity index (χ0v) is 19.9. The quantitative estimate of drug-likeness (QED) is 0.330. The maximum atomic E-state index is 13.0. The Balaban J connectivity index is 1.74. The summed E-state index contributed by atoms with van der Waals surface area (Å²) >= 11 is 0. The van der Waals surface area contributed by atoms with Crippen LogP contribution in [0.2, 0.25) is 0 Å². The van der Waals surface area contributed by atoms with Gasteiger partial charge in [-0.2, -0.15) is 4.31 Å². The van der Waals surface area contributed by atoms with Gasteiger partial charge in [-0.1, -0.05) is 12.1 Å². The number of aliphatic hydroxyl groups excluding tert-OH is 1. The van der Waals surface area contributed by atoms with Gasteiger partial charge in [0.05, 0.1) is 36.3 Å². The first-order valence-corrected chi connectivity index (χ1v) is 12.4. The Kier molecular flexibility index (Phi) is 7.22. The summed E-state index contributed by atoms with van der Waals surface area (Å²) < 4.78 is 37.4. The number of aromatic hydroxyl groups is 1. The van der Waals surface area contributed by atoms with Crippen molar-refractivity contribution in [1.82, 2.24) is 9.21 Å². The molecular formula is C24H26N2O8S. The van der Waals surface area contributed by atoms with Crippen molar-refractivity contribution in [1.29, 1.82) is 0 Å². The van der Waals surface area contributed by atoms with Gasteiger partial charge < -0.3 is 24.6 Å². The zero-order chi connectivity index (χ0) is 25.2. The summed E-state index contributed by atoms with van der Waals surface area (Å²) in [6.45, 7) is 1.38. The molecular weight excluding hydrogens is 476 g/mol. The number of ether oxygens (including phenoxy) is 2. The summed E-state index contributed by atoms with van der Waals surface area (Å²) in [5, 5.41) is 21.1. The third-order valence-electron chi connectivity index (χ3n) is 6.00. The van der Waals surface area contributed by atoms with E-state index in [1.54, 1.807) is 12.1 Å². The number of hydrogen-bond donors (Lipinski definition) is 2. The highest BCUT2D eigenvalue weighted by Crippen LogP contribution is 2.40. The molecule has 1 amide bonds. The Labute approximate surface area is 203 Å². The molecule has 0 radical (unpaired) electrons. The number of carbonyl (C=O) groups is 2. The molecule has 186 valence electrons. The Morgan fingerprint density at radius 2 is 1.80 bits per heavy atom. The van der Waals surface area contributed by atoms with Crippen LogP contribution >= 0.6 is 0 Å². The Morgan fingerprint density at radius 3 is 2.43 bits per heavy atom. The maximum absolute atomic E-state index is 13.0. The van der Waals surface area contributed by atoms with Crippen molar-refractivity contribution < 1.29 is 37.7 Å². The number of benzene rings is 2. The maximum Gasteiger partial charge on any atom is 0.295 e. The van der Waals surface area contributed by atoms with E-state index in [4.69, 9.17) is 9.47 Å². The number of likely N-dealkylation sites (tertiary alicyclic amines) is 1. The van der Waals surface area contributed by atoms with E-state index in [1.807, 2.05) is 0 Å². The molecule has 2 saturated heterocycles. The molecule has 35 heavy (non-hydrogen) atoms. The Bertz CT molecular complexity index is 1250. The molecule has 2 aliphatic rings. The van der Waals surface area contributed by atoms with Gasteiger partial charge in [0.25, 0.3) is 11.7 Å². The van der Waals surface area contributed by atoms with E-state index in [-0.39, 0.29) is 48.0 Å². The average Bonchev–Trinajstić information content (AvgIpc) is 3.12. The average molecular weight is 503 g/mol. The number of sulfonamides is 1. The molecule has 2 N–H and O–H groups in total. The summed E-state index contributed by atoms with van der Waals surface area (Å²) in [5.41, 5.74) is 0.467. The molecule has 0 aromatic heterocycles. The van der Waals surface area contributed by atoms with Crippen LogP contribution in [0.25, 0.3) is 5.76 Å². The number of hydrogen-bond acceptors (Lipinski definition) is 8. The monoisotopic (exact) mass is 502 g/mol. The summed E-state index contributed by atoms with van der Waals surface area (Å²) in [7, 11) is -2.27. The zero-order valence-electron chi connectivity index (χ0n) is 19.1. The van der Waals surface area contributed by atoms with Gasteiger partial charge in [0.1, 0.15) is 11.5 Å². The number of amides is 1. The number of phenols is 1. The van der Waals surface area contributed by atoms with Gasteiger partial charge in [0.2, 0.25) is 10.0 Å². The first kappa shape index (κ1) is 24.9. The second-order valence-corrected chi connectivity index (χ2v) is 10.1. The van der Waals surface area contributed by atoms with Crippen molar-refractivity contribution in [2.75, 3.05) is 46.6 Å². The number of rotatable bonds is 7. The van der Waals surface area contributed by atoms with Gasteiger partial charge in [-0.25, -0.2) is 8.42 Å². The minimum Gasteiger partial charge on any atom is -0.508 e. The molecule has 0 aliphatic carbocycles. The molecule has 2 aliphatic heterocycles.